The van der Waals surface area contributed by atoms with E-state index in [2.05, 4.69) is 0 Å². The van der Waals surface area contributed by atoms with Crippen molar-refractivity contribution in [2.45, 2.75) is 89.9 Å². The van der Waals surface area contributed by atoms with E-state index < -0.39 is 0 Å². The van der Waals surface area contributed by atoms with Crippen molar-refractivity contribution in [1.29, 1.82) is 0 Å². The minimum Gasteiger partial charge on any atom is -0.295 e. The van der Waals surface area contributed by atoms with Crippen LogP contribution in [0.4, 0.5) is 0 Å². The van der Waals surface area contributed by atoms with Crippen molar-refractivity contribution >= 4 is 5.78 Å². The molecule has 0 radical (unpaired) electrons. The fraction of sp³-hybridized carbons (Fsp3) is 0.824. The lowest BCUT2D eigenvalue weighted by Gasteiger charge is -2.13. The summed E-state index contributed by atoms with van der Waals surface area (Å²) in [6, 6.07) is 0. The molecule has 102 valence electrons. The van der Waals surface area contributed by atoms with Crippen LogP contribution in [0.5, 0.6) is 0 Å². The average molecular weight is 248 g/mol. The molecule has 2 rings (SSSR count). The number of hydrogen-bond acceptors (Lipinski definition) is 1. The highest BCUT2D eigenvalue weighted by molar-refractivity contribution is 5.96. The first-order valence-corrected chi connectivity index (χ1v) is 8.12. The molecule has 0 spiro atoms. The Labute approximate surface area is 112 Å². The number of ketones is 1. The lowest BCUT2D eigenvalue weighted by Crippen LogP contribution is -2.04. The smallest absolute Gasteiger partial charge is 0.158 e. The molecule has 0 aliphatic heterocycles. The largest absolute Gasteiger partial charge is 0.295 e. The van der Waals surface area contributed by atoms with E-state index in [0.29, 0.717) is 5.78 Å². The maximum atomic E-state index is 12.2. The SMILES string of the molecule is O=C1CCCCC2=C1CCCCCCCCCC2. The van der Waals surface area contributed by atoms with Crippen LogP contribution < -0.4 is 0 Å². The minimum atomic E-state index is 0.486. The number of Topliss-reactive ketones (excluding diaryl/α,β-unsaturated/α-hetero) is 1. The third kappa shape index (κ3) is 4.26. The van der Waals surface area contributed by atoms with Gasteiger partial charge in [-0.05, 0) is 50.5 Å². The molecule has 0 bridgehead atoms. The van der Waals surface area contributed by atoms with Crippen molar-refractivity contribution < 1.29 is 4.79 Å². The van der Waals surface area contributed by atoms with Gasteiger partial charge in [0.25, 0.3) is 0 Å². The summed E-state index contributed by atoms with van der Waals surface area (Å²) in [5.41, 5.74) is 2.80. The van der Waals surface area contributed by atoms with Gasteiger partial charge in [-0.1, -0.05) is 44.1 Å². The predicted molar refractivity (Wildman–Crippen MR) is 76.7 cm³/mol. The Morgan fingerprint density at radius 1 is 0.500 bits per heavy atom. The van der Waals surface area contributed by atoms with Crippen molar-refractivity contribution in [3.8, 4) is 0 Å². The van der Waals surface area contributed by atoms with Crippen LogP contribution >= 0.6 is 0 Å². The molecule has 0 unspecified atom stereocenters. The Balaban J connectivity index is 2.04. The molecule has 1 heteroatoms. The molecule has 2 aliphatic rings. The van der Waals surface area contributed by atoms with E-state index in [4.69, 9.17) is 0 Å². The first-order valence-electron chi connectivity index (χ1n) is 8.12. The molecule has 18 heavy (non-hydrogen) atoms. The Bertz CT molecular complexity index is 301. The van der Waals surface area contributed by atoms with Crippen LogP contribution in [-0.4, -0.2) is 5.78 Å². The Morgan fingerprint density at radius 3 is 1.61 bits per heavy atom. The zero-order chi connectivity index (χ0) is 12.6. The molecule has 0 saturated carbocycles. The molecule has 2 aliphatic carbocycles. The van der Waals surface area contributed by atoms with Crippen LogP contribution in [0.3, 0.4) is 0 Å². The van der Waals surface area contributed by atoms with Crippen molar-refractivity contribution in [2.75, 3.05) is 0 Å². The summed E-state index contributed by atoms with van der Waals surface area (Å²) in [5, 5.41) is 0. The maximum absolute atomic E-state index is 12.2. The van der Waals surface area contributed by atoms with E-state index >= 15 is 0 Å². The van der Waals surface area contributed by atoms with E-state index in [9.17, 15) is 4.79 Å². The first-order chi connectivity index (χ1) is 8.88. The normalized spacial score (nSPS) is 24.8. The van der Waals surface area contributed by atoms with E-state index in [1.54, 1.807) is 0 Å². The summed E-state index contributed by atoms with van der Waals surface area (Å²) in [4.78, 5) is 12.2. The van der Waals surface area contributed by atoms with Crippen molar-refractivity contribution in [3.63, 3.8) is 0 Å². The van der Waals surface area contributed by atoms with Crippen molar-refractivity contribution in [3.05, 3.63) is 11.1 Å². The Morgan fingerprint density at radius 2 is 0.944 bits per heavy atom. The molecule has 0 heterocycles. The Hall–Kier alpha value is -0.590. The van der Waals surface area contributed by atoms with E-state index in [1.165, 1.54) is 81.8 Å². The van der Waals surface area contributed by atoms with E-state index in [0.717, 1.165) is 19.3 Å². The summed E-state index contributed by atoms with van der Waals surface area (Å²) in [7, 11) is 0. The predicted octanol–water partition coefficient (Wildman–Crippen LogP) is 5.34. The Kier molecular flexibility index (Phi) is 5.96. The number of hydrogen-bond donors (Lipinski definition) is 0. The zero-order valence-electron chi connectivity index (χ0n) is 11.8. The number of rotatable bonds is 0. The van der Waals surface area contributed by atoms with Gasteiger partial charge in [0.05, 0.1) is 0 Å². The highest BCUT2D eigenvalue weighted by Gasteiger charge is 2.18. The van der Waals surface area contributed by atoms with Gasteiger partial charge in [-0.25, -0.2) is 0 Å². The quantitative estimate of drug-likeness (QED) is 0.565. The third-order valence-corrected chi connectivity index (χ3v) is 4.55. The van der Waals surface area contributed by atoms with Crippen LogP contribution in [0.25, 0.3) is 0 Å². The van der Waals surface area contributed by atoms with Gasteiger partial charge in [-0.15, -0.1) is 0 Å². The molecule has 0 aromatic heterocycles. The van der Waals surface area contributed by atoms with Crippen LogP contribution in [0.15, 0.2) is 11.1 Å². The second-order valence-electron chi connectivity index (χ2n) is 6.04. The average Bonchev–Trinajstić information content (AvgIpc) is 2.52. The van der Waals surface area contributed by atoms with Crippen LogP contribution in [-0.2, 0) is 4.79 Å². The zero-order valence-corrected chi connectivity index (χ0v) is 11.8. The number of carbonyl (C=O) groups excluding carboxylic acids is 1. The first kappa shape index (κ1) is 13.8. The van der Waals surface area contributed by atoms with Gasteiger partial charge >= 0.3 is 0 Å². The highest BCUT2D eigenvalue weighted by Crippen LogP contribution is 2.29. The van der Waals surface area contributed by atoms with E-state index in [-0.39, 0.29) is 0 Å². The van der Waals surface area contributed by atoms with Crippen LogP contribution in [0, 0.1) is 0 Å². The fourth-order valence-corrected chi connectivity index (χ4v) is 3.42. The summed E-state index contributed by atoms with van der Waals surface area (Å²) >= 11 is 0. The van der Waals surface area contributed by atoms with E-state index in [1.807, 2.05) is 0 Å². The molecular formula is C17H28O. The summed E-state index contributed by atoms with van der Waals surface area (Å²) in [6.45, 7) is 0. The summed E-state index contributed by atoms with van der Waals surface area (Å²) in [6.07, 6.45) is 17.5. The second-order valence-corrected chi connectivity index (χ2v) is 6.04. The molecule has 0 atom stereocenters. The van der Waals surface area contributed by atoms with Gasteiger partial charge in [-0.2, -0.15) is 0 Å². The topological polar surface area (TPSA) is 17.1 Å². The van der Waals surface area contributed by atoms with Crippen LogP contribution in [0.2, 0.25) is 0 Å². The molecular weight excluding hydrogens is 220 g/mol. The van der Waals surface area contributed by atoms with Gasteiger partial charge in [-0.3, -0.25) is 4.79 Å². The summed E-state index contributed by atoms with van der Waals surface area (Å²) in [5.74, 6) is 0.486. The third-order valence-electron chi connectivity index (χ3n) is 4.55. The van der Waals surface area contributed by atoms with Gasteiger partial charge in [0.2, 0.25) is 0 Å². The lowest BCUT2D eigenvalue weighted by molar-refractivity contribution is -0.115. The van der Waals surface area contributed by atoms with Crippen molar-refractivity contribution in [2.24, 2.45) is 0 Å². The van der Waals surface area contributed by atoms with Crippen LogP contribution in [0.1, 0.15) is 89.9 Å². The second kappa shape index (κ2) is 7.76. The number of allylic oxidation sites excluding steroid dienone is 2. The van der Waals surface area contributed by atoms with Crippen molar-refractivity contribution in [1.82, 2.24) is 0 Å². The molecule has 0 aromatic carbocycles. The summed E-state index contributed by atoms with van der Waals surface area (Å²) < 4.78 is 0. The van der Waals surface area contributed by atoms with Gasteiger partial charge < -0.3 is 0 Å². The highest BCUT2D eigenvalue weighted by atomic mass is 16.1. The molecule has 0 aromatic rings. The number of carbonyl (C=O) groups is 1. The van der Waals surface area contributed by atoms with Gasteiger partial charge in [0.15, 0.2) is 5.78 Å². The minimum absolute atomic E-state index is 0.486. The molecule has 0 amide bonds. The fourth-order valence-electron chi connectivity index (χ4n) is 3.42. The van der Waals surface area contributed by atoms with Gasteiger partial charge in [0.1, 0.15) is 0 Å². The van der Waals surface area contributed by atoms with Gasteiger partial charge in [0, 0.05) is 6.42 Å². The lowest BCUT2D eigenvalue weighted by atomic mass is 9.92. The molecule has 0 saturated heterocycles. The molecule has 1 nitrogen and oxygen atoms in total. The maximum Gasteiger partial charge on any atom is 0.158 e. The monoisotopic (exact) mass is 248 g/mol. The standard InChI is InChI=1S/C17H28O/c18-17-14-10-9-12-15-11-7-5-3-1-2-4-6-8-13-16(15)17/h1-14H2. The molecule has 0 N–H and O–H groups in total. The molecule has 0 fully saturated rings.